The number of anilines is 1. The van der Waals surface area contributed by atoms with Gasteiger partial charge in [-0.2, -0.15) is 0 Å². The van der Waals surface area contributed by atoms with Gasteiger partial charge >= 0.3 is 0 Å². The average Bonchev–Trinajstić information content (AvgIpc) is 2.81. The Morgan fingerprint density at radius 2 is 1.78 bits per heavy atom. The molecule has 4 nitrogen and oxygen atoms in total. The molecule has 1 N–H and O–H groups in total. The van der Waals surface area contributed by atoms with Gasteiger partial charge in [0.25, 0.3) is 5.91 Å². The van der Waals surface area contributed by atoms with Gasteiger partial charge in [0, 0.05) is 37.4 Å². The van der Waals surface area contributed by atoms with Crippen LogP contribution < -0.4 is 4.90 Å². The van der Waals surface area contributed by atoms with Crippen LogP contribution in [0, 0.1) is 5.82 Å². The van der Waals surface area contributed by atoms with Crippen LogP contribution in [0.5, 0.6) is 5.75 Å². The van der Waals surface area contributed by atoms with Crippen molar-refractivity contribution >= 4 is 11.6 Å². The number of nitrogens with zero attached hydrogens (tertiary/aromatic N) is 2. The largest absolute Gasteiger partial charge is 0.508 e. The normalized spacial score (nSPS) is 15.3. The zero-order valence-electron chi connectivity index (χ0n) is 12.8. The molecule has 0 unspecified atom stereocenters. The van der Waals surface area contributed by atoms with Gasteiger partial charge in [-0.15, -0.1) is 0 Å². The van der Waals surface area contributed by atoms with E-state index in [-0.39, 0.29) is 17.5 Å². The Bertz CT molecular complexity index is 688. The SMILES string of the molecule is O=C(c1cccc(O)c1)N1CCCN(c2ccc(F)cc2)CC1. The predicted octanol–water partition coefficient (Wildman–Crippen LogP) is 2.88. The lowest BCUT2D eigenvalue weighted by molar-refractivity contribution is 0.0766. The van der Waals surface area contributed by atoms with Crippen molar-refractivity contribution in [3.63, 3.8) is 0 Å². The summed E-state index contributed by atoms with van der Waals surface area (Å²) in [5.41, 5.74) is 1.47. The summed E-state index contributed by atoms with van der Waals surface area (Å²) in [7, 11) is 0. The maximum Gasteiger partial charge on any atom is 0.254 e. The fraction of sp³-hybridized carbons (Fsp3) is 0.278. The van der Waals surface area contributed by atoms with Crippen LogP contribution in [-0.2, 0) is 0 Å². The van der Waals surface area contributed by atoms with Gasteiger partial charge in [0.2, 0.25) is 0 Å². The van der Waals surface area contributed by atoms with Gasteiger partial charge in [-0.1, -0.05) is 6.07 Å². The smallest absolute Gasteiger partial charge is 0.254 e. The van der Waals surface area contributed by atoms with Gasteiger partial charge in [0.15, 0.2) is 0 Å². The van der Waals surface area contributed by atoms with E-state index in [9.17, 15) is 14.3 Å². The Labute approximate surface area is 134 Å². The van der Waals surface area contributed by atoms with Crippen LogP contribution >= 0.6 is 0 Å². The molecule has 120 valence electrons. The Morgan fingerprint density at radius 3 is 2.52 bits per heavy atom. The fourth-order valence-electron chi connectivity index (χ4n) is 2.85. The zero-order valence-corrected chi connectivity index (χ0v) is 12.8. The Morgan fingerprint density at radius 1 is 1.00 bits per heavy atom. The van der Waals surface area contributed by atoms with E-state index in [4.69, 9.17) is 0 Å². The molecule has 0 saturated carbocycles. The zero-order chi connectivity index (χ0) is 16.2. The molecule has 3 rings (SSSR count). The second-order valence-electron chi connectivity index (χ2n) is 5.66. The number of aromatic hydroxyl groups is 1. The number of benzene rings is 2. The van der Waals surface area contributed by atoms with Gasteiger partial charge in [-0.3, -0.25) is 4.79 Å². The molecule has 23 heavy (non-hydrogen) atoms. The second-order valence-corrected chi connectivity index (χ2v) is 5.66. The lowest BCUT2D eigenvalue weighted by Gasteiger charge is -2.23. The Hall–Kier alpha value is -2.56. The van der Waals surface area contributed by atoms with Crippen LogP contribution in [0.15, 0.2) is 48.5 Å². The summed E-state index contributed by atoms with van der Waals surface area (Å²) in [5.74, 6) is -0.218. The molecule has 2 aromatic carbocycles. The van der Waals surface area contributed by atoms with Crippen molar-refractivity contribution in [1.82, 2.24) is 4.90 Å². The highest BCUT2D eigenvalue weighted by molar-refractivity contribution is 5.94. The number of hydrogen-bond acceptors (Lipinski definition) is 3. The molecule has 1 fully saturated rings. The number of amides is 1. The first kappa shape index (κ1) is 15.3. The molecule has 0 bridgehead atoms. The molecule has 5 heteroatoms. The lowest BCUT2D eigenvalue weighted by Crippen LogP contribution is -2.35. The van der Waals surface area contributed by atoms with Crippen LogP contribution in [0.25, 0.3) is 0 Å². The number of hydrogen-bond donors (Lipinski definition) is 1. The van der Waals surface area contributed by atoms with Gasteiger partial charge in [0.05, 0.1) is 0 Å². The maximum absolute atomic E-state index is 13.0. The molecule has 0 aromatic heterocycles. The lowest BCUT2D eigenvalue weighted by atomic mass is 10.2. The minimum atomic E-state index is -0.246. The minimum absolute atomic E-state index is 0.0677. The van der Waals surface area contributed by atoms with Crippen LogP contribution in [-0.4, -0.2) is 42.1 Å². The molecule has 1 aliphatic rings. The fourth-order valence-corrected chi connectivity index (χ4v) is 2.85. The van der Waals surface area contributed by atoms with E-state index in [0.717, 1.165) is 18.7 Å². The molecule has 1 heterocycles. The highest BCUT2D eigenvalue weighted by Crippen LogP contribution is 2.19. The summed E-state index contributed by atoms with van der Waals surface area (Å²) in [5, 5.41) is 9.52. The highest BCUT2D eigenvalue weighted by Gasteiger charge is 2.20. The van der Waals surface area contributed by atoms with Crippen LogP contribution in [0.4, 0.5) is 10.1 Å². The van der Waals surface area contributed by atoms with Crippen molar-refractivity contribution < 1.29 is 14.3 Å². The molecular weight excluding hydrogens is 295 g/mol. The van der Waals surface area contributed by atoms with Gasteiger partial charge in [-0.05, 0) is 48.9 Å². The summed E-state index contributed by atoms with van der Waals surface area (Å²) >= 11 is 0. The third-order valence-corrected chi connectivity index (χ3v) is 4.07. The summed E-state index contributed by atoms with van der Waals surface area (Å²) in [6.45, 7) is 2.81. The van der Waals surface area contributed by atoms with Crippen molar-refractivity contribution in [2.45, 2.75) is 6.42 Å². The molecule has 0 aliphatic carbocycles. The number of rotatable bonds is 2. The summed E-state index contributed by atoms with van der Waals surface area (Å²) in [6.07, 6.45) is 0.849. The van der Waals surface area contributed by atoms with E-state index in [0.29, 0.717) is 25.2 Å². The van der Waals surface area contributed by atoms with Crippen molar-refractivity contribution in [3.05, 3.63) is 59.9 Å². The third-order valence-electron chi connectivity index (χ3n) is 4.07. The quantitative estimate of drug-likeness (QED) is 0.927. The van der Waals surface area contributed by atoms with Crippen LogP contribution in [0.3, 0.4) is 0 Å². The minimum Gasteiger partial charge on any atom is -0.508 e. The molecule has 1 amide bonds. The predicted molar refractivity (Wildman–Crippen MR) is 87.2 cm³/mol. The van der Waals surface area contributed by atoms with E-state index in [1.54, 1.807) is 35.2 Å². The van der Waals surface area contributed by atoms with Crippen molar-refractivity contribution in [3.8, 4) is 5.75 Å². The topological polar surface area (TPSA) is 43.8 Å². The van der Waals surface area contributed by atoms with E-state index in [1.165, 1.54) is 18.2 Å². The molecule has 0 radical (unpaired) electrons. The standard InChI is InChI=1S/C18H19FN2O2/c19-15-5-7-16(8-6-15)20-9-2-10-21(12-11-20)18(23)14-3-1-4-17(22)13-14/h1,3-8,13,22H,2,9-12H2. The molecule has 0 spiro atoms. The summed E-state index contributed by atoms with van der Waals surface area (Å²) in [6, 6.07) is 12.9. The molecule has 0 atom stereocenters. The second kappa shape index (κ2) is 6.69. The molecule has 1 saturated heterocycles. The first-order valence-electron chi connectivity index (χ1n) is 7.72. The van der Waals surface area contributed by atoms with Gasteiger partial charge in [-0.25, -0.2) is 4.39 Å². The summed E-state index contributed by atoms with van der Waals surface area (Å²) in [4.78, 5) is 16.5. The third kappa shape index (κ3) is 3.62. The Balaban J connectivity index is 1.68. The Kier molecular flexibility index (Phi) is 4.46. The molecule has 2 aromatic rings. The first-order valence-corrected chi connectivity index (χ1v) is 7.72. The highest BCUT2D eigenvalue weighted by atomic mass is 19.1. The average molecular weight is 314 g/mol. The van der Waals surface area contributed by atoms with E-state index >= 15 is 0 Å². The van der Waals surface area contributed by atoms with E-state index < -0.39 is 0 Å². The first-order chi connectivity index (χ1) is 11.1. The van der Waals surface area contributed by atoms with Gasteiger partial charge < -0.3 is 14.9 Å². The van der Waals surface area contributed by atoms with Crippen molar-refractivity contribution in [1.29, 1.82) is 0 Å². The van der Waals surface area contributed by atoms with Gasteiger partial charge in [0.1, 0.15) is 11.6 Å². The monoisotopic (exact) mass is 314 g/mol. The van der Waals surface area contributed by atoms with Crippen LogP contribution in [0.2, 0.25) is 0 Å². The van der Waals surface area contributed by atoms with Crippen molar-refractivity contribution in [2.75, 3.05) is 31.1 Å². The van der Waals surface area contributed by atoms with Crippen LogP contribution in [0.1, 0.15) is 16.8 Å². The van der Waals surface area contributed by atoms with Crippen molar-refractivity contribution in [2.24, 2.45) is 0 Å². The van der Waals surface area contributed by atoms with E-state index in [1.807, 2.05) is 0 Å². The maximum atomic E-state index is 13.0. The number of phenols is 1. The number of carbonyl (C=O) groups excluding carboxylic acids is 1. The summed E-state index contributed by atoms with van der Waals surface area (Å²) < 4.78 is 13.0. The van der Waals surface area contributed by atoms with E-state index in [2.05, 4.69) is 4.90 Å². The molecular formula is C18H19FN2O2. The molecule has 1 aliphatic heterocycles. The number of halogens is 1. The number of carbonyl (C=O) groups is 1. The number of phenolic OH excluding ortho intramolecular Hbond substituents is 1.